The normalized spacial score (nSPS) is 21.4. The third-order valence-electron chi connectivity index (χ3n) is 6.33. The monoisotopic (exact) mass is 460 g/mol. The topological polar surface area (TPSA) is 138 Å². The number of imide groups is 1. The van der Waals surface area contributed by atoms with Crippen LogP contribution in [0.3, 0.4) is 0 Å². The molecule has 0 aliphatic carbocycles. The van der Waals surface area contributed by atoms with Gasteiger partial charge in [0.05, 0.1) is 25.6 Å². The zero-order chi connectivity index (χ0) is 23.4. The number of pyridine rings is 1. The van der Waals surface area contributed by atoms with E-state index in [0.29, 0.717) is 46.9 Å². The van der Waals surface area contributed by atoms with E-state index in [9.17, 15) is 14.4 Å². The molecule has 0 saturated carbocycles. The smallest absolute Gasteiger partial charge is 0.322 e. The molecule has 5 heterocycles. The van der Waals surface area contributed by atoms with Crippen LogP contribution in [-0.4, -0.2) is 60.3 Å². The fourth-order valence-electron chi connectivity index (χ4n) is 4.65. The van der Waals surface area contributed by atoms with Gasteiger partial charge in [0.15, 0.2) is 5.54 Å². The van der Waals surface area contributed by atoms with Crippen LogP contribution in [0.25, 0.3) is 11.0 Å². The molecule has 1 atom stereocenters. The number of aliphatic imine (C=N–C) groups is 1. The summed E-state index contributed by atoms with van der Waals surface area (Å²) in [7, 11) is 1.53. The molecule has 1 fully saturated rings. The van der Waals surface area contributed by atoms with Crippen LogP contribution in [0.5, 0.6) is 5.75 Å². The standard InChI is InChI=1S/C23H20N6O5/c1-33-13-3-2-12-10-29(20(30)14(12)8-13)11-23(21(31)27-22(32)28-23)17-9-15-16(34-17)4-5-24-18(15)19-25-6-7-26-19/h2-5,8-9H,6-7,10-11H2,1H3,(H,25,26)(H2,27,28,31,32)/t23-/m0/s1. The van der Waals surface area contributed by atoms with E-state index in [1.165, 1.54) is 12.0 Å². The second kappa shape index (κ2) is 7.30. The first-order valence-electron chi connectivity index (χ1n) is 10.8. The summed E-state index contributed by atoms with van der Waals surface area (Å²) in [5, 5.41) is 8.83. The van der Waals surface area contributed by atoms with E-state index in [2.05, 4.69) is 25.9 Å². The van der Waals surface area contributed by atoms with Crippen molar-refractivity contribution in [3.8, 4) is 5.75 Å². The number of aromatic nitrogens is 1. The van der Waals surface area contributed by atoms with Crippen molar-refractivity contribution in [1.29, 1.82) is 0 Å². The van der Waals surface area contributed by atoms with E-state index >= 15 is 0 Å². The molecule has 34 heavy (non-hydrogen) atoms. The molecule has 2 aromatic heterocycles. The molecule has 1 aromatic carbocycles. The number of carbonyl (C=O) groups is 3. The highest BCUT2D eigenvalue weighted by molar-refractivity contribution is 6.10. The molecule has 3 aliphatic rings. The predicted octanol–water partition coefficient (Wildman–Crippen LogP) is 0.877. The van der Waals surface area contributed by atoms with Crippen LogP contribution in [-0.2, 0) is 16.9 Å². The average molecular weight is 460 g/mol. The van der Waals surface area contributed by atoms with Gasteiger partial charge in [-0.25, -0.2) is 4.79 Å². The lowest BCUT2D eigenvalue weighted by Gasteiger charge is -2.29. The molecule has 6 rings (SSSR count). The van der Waals surface area contributed by atoms with Gasteiger partial charge in [0.25, 0.3) is 11.8 Å². The molecule has 0 spiro atoms. The van der Waals surface area contributed by atoms with Crippen molar-refractivity contribution in [3.05, 3.63) is 59.1 Å². The Morgan fingerprint density at radius 2 is 2.09 bits per heavy atom. The Morgan fingerprint density at radius 1 is 1.21 bits per heavy atom. The van der Waals surface area contributed by atoms with Gasteiger partial charge in [0.1, 0.15) is 28.6 Å². The van der Waals surface area contributed by atoms with Gasteiger partial charge in [-0.2, -0.15) is 0 Å². The summed E-state index contributed by atoms with van der Waals surface area (Å²) in [6, 6.07) is 7.98. The third kappa shape index (κ3) is 2.93. The van der Waals surface area contributed by atoms with Gasteiger partial charge in [-0.3, -0.25) is 24.9 Å². The lowest BCUT2D eigenvalue weighted by atomic mass is 9.95. The molecule has 1 saturated heterocycles. The van der Waals surface area contributed by atoms with Gasteiger partial charge in [0.2, 0.25) is 0 Å². The minimum absolute atomic E-state index is 0.109. The summed E-state index contributed by atoms with van der Waals surface area (Å²) in [4.78, 5) is 48.9. The molecule has 4 amide bonds. The second-order valence-electron chi connectivity index (χ2n) is 8.34. The lowest BCUT2D eigenvalue weighted by Crippen LogP contribution is -2.52. The summed E-state index contributed by atoms with van der Waals surface area (Å²) >= 11 is 0. The zero-order valence-corrected chi connectivity index (χ0v) is 18.2. The van der Waals surface area contributed by atoms with Crippen LogP contribution in [0.4, 0.5) is 4.79 Å². The molecule has 172 valence electrons. The summed E-state index contributed by atoms with van der Waals surface area (Å²) < 4.78 is 11.3. The summed E-state index contributed by atoms with van der Waals surface area (Å²) in [6.45, 7) is 1.53. The first kappa shape index (κ1) is 20.2. The van der Waals surface area contributed by atoms with Gasteiger partial charge in [0, 0.05) is 24.8 Å². The average Bonchev–Trinajstić information content (AvgIpc) is 3.61. The summed E-state index contributed by atoms with van der Waals surface area (Å²) in [6.07, 6.45) is 1.60. The Balaban J connectivity index is 1.41. The molecule has 0 bridgehead atoms. The number of hydrogen-bond donors (Lipinski definition) is 3. The number of carbonyl (C=O) groups excluding carboxylic acids is 3. The van der Waals surface area contributed by atoms with Gasteiger partial charge in [-0.05, 0) is 29.8 Å². The van der Waals surface area contributed by atoms with Gasteiger partial charge in [-0.15, -0.1) is 0 Å². The number of nitrogens with zero attached hydrogens (tertiary/aromatic N) is 3. The van der Waals surface area contributed by atoms with Crippen LogP contribution in [0.1, 0.15) is 27.4 Å². The summed E-state index contributed by atoms with van der Waals surface area (Å²) in [5.41, 5.74) is 0.806. The van der Waals surface area contributed by atoms with Crippen molar-refractivity contribution in [2.75, 3.05) is 26.7 Å². The Labute approximate surface area is 193 Å². The number of fused-ring (bicyclic) bond motifs is 2. The van der Waals surface area contributed by atoms with Crippen LogP contribution >= 0.6 is 0 Å². The van der Waals surface area contributed by atoms with Crippen LogP contribution in [0.2, 0.25) is 0 Å². The van der Waals surface area contributed by atoms with Crippen molar-refractivity contribution in [2.24, 2.45) is 4.99 Å². The Hall–Kier alpha value is -4.41. The van der Waals surface area contributed by atoms with E-state index in [1.807, 2.05) is 6.07 Å². The van der Waals surface area contributed by atoms with Gasteiger partial charge in [-0.1, -0.05) is 6.07 Å². The van der Waals surface area contributed by atoms with Crippen molar-refractivity contribution >= 4 is 34.7 Å². The second-order valence-corrected chi connectivity index (χ2v) is 8.34. The van der Waals surface area contributed by atoms with E-state index in [-0.39, 0.29) is 24.8 Å². The number of hydrogen-bond acceptors (Lipinski definition) is 8. The van der Waals surface area contributed by atoms with E-state index in [1.54, 1.807) is 30.5 Å². The number of nitrogens with one attached hydrogen (secondary N) is 3. The number of urea groups is 1. The molecule has 0 unspecified atom stereocenters. The first-order chi connectivity index (χ1) is 16.5. The van der Waals surface area contributed by atoms with Gasteiger partial charge >= 0.3 is 6.03 Å². The van der Waals surface area contributed by atoms with Crippen molar-refractivity contribution < 1.29 is 23.5 Å². The number of furan rings is 1. The summed E-state index contributed by atoms with van der Waals surface area (Å²) in [5.74, 6) is 0.566. The highest BCUT2D eigenvalue weighted by Crippen LogP contribution is 2.35. The molecule has 0 radical (unpaired) electrons. The third-order valence-corrected chi connectivity index (χ3v) is 6.33. The maximum absolute atomic E-state index is 13.2. The van der Waals surface area contributed by atoms with E-state index in [0.717, 1.165) is 5.56 Å². The highest BCUT2D eigenvalue weighted by Gasteiger charge is 2.53. The molecule has 3 aromatic rings. The largest absolute Gasteiger partial charge is 0.497 e. The number of benzene rings is 1. The van der Waals surface area contributed by atoms with E-state index < -0.39 is 17.5 Å². The maximum atomic E-state index is 13.2. The zero-order valence-electron chi connectivity index (χ0n) is 18.2. The number of amidine groups is 1. The number of rotatable bonds is 5. The van der Waals surface area contributed by atoms with Crippen LogP contribution in [0.15, 0.2) is 45.9 Å². The predicted molar refractivity (Wildman–Crippen MR) is 120 cm³/mol. The Bertz CT molecular complexity index is 1410. The molecule has 11 heteroatoms. The minimum atomic E-state index is -1.60. The molecule has 3 aliphatic heterocycles. The van der Waals surface area contributed by atoms with Crippen LogP contribution < -0.4 is 20.7 Å². The lowest BCUT2D eigenvalue weighted by molar-refractivity contribution is -0.125. The Morgan fingerprint density at radius 3 is 2.82 bits per heavy atom. The molecular formula is C23H20N6O5. The van der Waals surface area contributed by atoms with Crippen LogP contribution in [0, 0.1) is 0 Å². The molecule has 3 N–H and O–H groups in total. The fraction of sp³-hybridized carbons (Fsp3) is 0.261. The number of amides is 4. The van der Waals surface area contributed by atoms with E-state index in [4.69, 9.17) is 9.15 Å². The molecular weight excluding hydrogens is 440 g/mol. The fourth-order valence-corrected chi connectivity index (χ4v) is 4.65. The Kier molecular flexibility index (Phi) is 4.34. The van der Waals surface area contributed by atoms with Crippen molar-refractivity contribution in [2.45, 2.75) is 12.1 Å². The first-order valence-corrected chi connectivity index (χ1v) is 10.8. The quantitative estimate of drug-likeness (QED) is 0.481. The number of methoxy groups -OCH3 is 1. The van der Waals surface area contributed by atoms with Crippen molar-refractivity contribution in [1.82, 2.24) is 25.8 Å². The SMILES string of the molecule is COc1ccc2c(c1)C(=O)N(C[C@@]1(c3cc4c(C5=NCCN5)nccc4o3)NC(=O)NC1=O)C2. The maximum Gasteiger partial charge on any atom is 0.322 e. The highest BCUT2D eigenvalue weighted by atomic mass is 16.5. The van der Waals surface area contributed by atoms with Crippen molar-refractivity contribution in [3.63, 3.8) is 0 Å². The molecule has 11 nitrogen and oxygen atoms in total. The van der Waals surface area contributed by atoms with Gasteiger partial charge < -0.3 is 24.7 Å². The number of ether oxygens (including phenoxy) is 1. The minimum Gasteiger partial charge on any atom is -0.497 e.